The Kier molecular flexibility index (Phi) is 6.04. The first-order valence-corrected chi connectivity index (χ1v) is 6.11. The third-order valence-electron chi connectivity index (χ3n) is 2.77. The quantitative estimate of drug-likeness (QED) is 0.666. The number of nitrogens with zero attached hydrogens (tertiary/aromatic N) is 1. The molecule has 1 rings (SSSR count). The number of rotatable bonds is 7. The smallest absolute Gasteiger partial charge is 0.217 e. The summed E-state index contributed by atoms with van der Waals surface area (Å²) in [4.78, 5) is 4.43. The van der Waals surface area contributed by atoms with Crippen molar-refractivity contribution in [1.29, 1.82) is 0 Å². The highest BCUT2D eigenvalue weighted by molar-refractivity contribution is 5.29. The number of nitrogens with one attached hydrogen (secondary N) is 1. The molecule has 0 aliphatic carbocycles. The summed E-state index contributed by atoms with van der Waals surface area (Å²) in [5.74, 6) is 0.937. The molecule has 0 aliphatic heterocycles. The fourth-order valence-corrected chi connectivity index (χ4v) is 1.56. The maximum atomic E-state index is 8.98. The zero-order valence-electron chi connectivity index (χ0n) is 11.2. The molecule has 3 N–H and O–H groups in total. The Morgan fingerprint density at radius 2 is 1.94 bits per heavy atom. The number of aromatic nitrogens is 1. The van der Waals surface area contributed by atoms with Crippen LogP contribution in [0.2, 0.25) is 0 Å². The molecule has 18 heavy (non-hydrogen) atoms. The lowest BCUT2D eigenvalue weighted by molar-refractivity contribution is 0.170. The van der Waals surface area contributed by atoms with Crippen molar-refractivity contribution >= 4 is 0 Å². The first-order chi connectivity index (χ1) is 8.62. The maximum Gasteiger partial charge on any atom is 0.217 e. The van der Waals surface area contributed by atoms with Gasteiger partial charge in [-0.15, -0.1) is 0 Å². The highest BCUT2D eigenvalue weighted by Gasteiger charge is 2.10. The predicted molar refractivity (Wildman–Crippen MR) is 69.7 cm³/mol. The zero-order valence-corrected chi connectivity index (χ0v) is 11.2. The first kappa shape index (κ1) is 14.9. The SMILES string of the molecule is COc1nc(C(C)C)ccc1CNC(CO)CO. The maximum absolute atomic E-state index is 8.98. The molecule has 0 aromatic carbocycles. The molecule has 0 bridgehead atoms. The molecule has 5 nitrogen and oxygen atoms in total. The number of ether oxygens (including phenoxy) is 1. The Morgan fingerprint density at radius 1 is 1.28 bits per heavy atom. The van der Waals surface area contributed by atoms with E-state index in [1.165, 1.54) is 0 Å². The van der Waals surface area contributed by atoms with Crippen LogP contribution in [0.5, 0.6) is 5.88 Å². The van der Waals surface area contributed by atoms with Gasteiger partial charge in [-0.25, -0.2) is 4.98 Å². The fraction of sp³-hybridized carbons (Fsp3) is 0.615. The molecule has 1 aromatic heterocycles. The van der Waals surface area contributed by atoms with Crippen molar-refractivity contribution in [1.82, 2.24) is 10.3 Å². The van der Waals surface area contributed by atoms with Gasteiger partial charge in [0.15, 0.2) is 0 Å². The lowest BCUT2D eigenvalue weighted by atomic mass is 10.1. The molecular weight excluding hydrogens is 232 g/mol. The number of aliphatic hydroxyl groups excluding tert-OH is 2. The van der Waals surface area contributed by atoms with Gasteiger partial charge in [-0.2, -0.15) is 0 Å². The van der Waals surface area contributed by atoms with Gasteiger partial charge in [0.1, 0.15) is 0 Å². The second-order valence-electron chi connectivity index (χ2n) is 4.50. The van der Waals surface area contributed by atoms with Gasteiger partial charge in [0, 0.05) is 17.8 Å². The van der Waals surface area contributed by atoms with Crippen molar-refractivity contribution in [2.75, 3.05) is 20.3 Å². The molecule has 0 aliphatic rings. The van der Waals surface area contributed by atoms with E-state index in [4.69, 9.17) is 14.9 Å². The summed E-state index contributed by atoms with van der Waals surface area (Å²) >= 11 is 0. The van der Waals surface area contributed by atoms with Gasteiger partial charge < -0.3 is 20.3 Å². The van der Waals surface area contributed by atoms with Gasteiger partial charge in [0.25, 0.3) is 0 Å². The molecular formula is C13H22N2O3. The Labute approximate surface area is 108 Å². The first-order valence-electron chi connectivity index (χ1n) is 6.11. The Morgan fingerprint density at radius 3 is 2.44 bits per heavy atom. The largest absolute Gasteiger partial charge is 0.481 e. The Bertz CT molecular complexity index is 365. The topological polar surface area (TPSA) is 74.6 Å². The minimum atomic E-state index is -0.320. The van der Waals surface area contributed by atoms with Gasteiger partial charge in [-0.3, -0.25) is 0 Å². The van der Waals surface area contributed by atoms with Crippen molar-refractivity contribution in [3.8, 4) is 5.88 Å². The van der Waals surface area contributed by atoms with Gasteiger partial charge >= 0.3 is 0 Å². The van der Waals surface area contributed by atoms with E-state index in [1.54, 1.807) is 7.11 Å². The third kappa shape index (κ3) is 3.94. The van der Waals surface area contributed by atoms with E-state index in [0.717, 1.165) is 11.3 Å². The lowest BCUT2D eigenvalue weighted by Crippen LogP contribution is -2.35. The highest BCUT2D eigenvalue weighted by Crippen LogP contribution is 2.20. The van der Waals surface area contributed by atoms with E-state index in [1.807, 2.05) is 12.1 Å². The van der Waals surface area contributed by atoms with Crippen molar-refractivity contribution < 1.29 is 14.9 Å². The Balaban J connectivity index is 2.76. The van der Waals surface area contributed by atoms with Crippen molar-refractivity contribution in [3.05, 3.63) is 23.4 Å². The molecule has 5 heteroatoms. The monoisotopic (exact) mass is 254 g/mol. The van der Waals surface area contributed by atoms with E-state index in [2.05, 4.69) is 24.1 Å². The molecule has 1 aromatic rings. The van der Waals surface area contributed by atoms with Crippen LogP contribution in [0, 0.1) is 0 Å². The predicted octanol–water partition coefficient (Wildman–Crippen LogP) is 0.656. The summed E-state index contributed by atoms with van der Waals surface area (Å²) < 4.78 is 5.26. The highest BCUT2D eigenvalue weighted by atomic mass is 16.5. The summed E-state index contributed by atoms with van der Waals surface area (Å²) in [6, 6.07) is 3.61. The molecule has 0 atom stereocenters. The summed E-state index contributed by atoms with van der Waals surface area (Å²) in [6.45, 7) is 4.45. The molecule has 0 radical (unpaired) electrons. The summed E-state index contributed by atoms with van der Waals surface area (Å²) in [5.41, 5.74) is 1.89. The molecule has 1 heterocycles. The molecule has 0 saturated carbocycles. The van der Waals surface area contributed by atoms with Crippen molar-refractivity contribution in [2.45, 2.75) is 32.4 Å². The van der Waals surface area contributed by atoms with Gasteiger partial charge in [0.05, 0.1) is 26.4 Å². The molecule has 0 amide bonds. The molecule has 0 spiro atoms. The van der Waals surface area contributed by atoms with E-state index < -0.39 is 0 Å². The van der Waals surface area contributed by atoms with Crippen LogP contribution in [0.3, 0.4) is 0 Å². The Hall–Kier alpha value is -1.17. The number of aliphatic hydroxyl groups is 2. The van der Waals surface area contributed by atoms with Gasteiger partial charge in [-0.05, 0) is 12.0 Å². The van der Waals surface area contributed by atoms with Crippen LogP contribution in [0.1, 0.15) is 31.0 Å². The number of hydrogen-bond acceptors (Lipinski definition) is 5. The molecule has 0 unspecified atom stereocenters. The summed E-state index contributed by atoms with van der Waals surface area (Å²) in [6.07, 6.45) is 0. The van der Waals surface area contributed by atoms with E-state index in [9.17, 15) is 0 Å². The van der Waals surface area contributed by atoms with E-state index >= 15 is 0 Å². The van der Waals surface area contributed by atoms with Crippen LogP contribution < -0.4 is 10.1 Å². The second-order valence-corrected chi connectivity index (χ2v) is 4.50. The molecule has 102 valence electrons. The van der Waals surface area contributed by atoms with Crippen LogP contribution in [0.15, 0.2) is 12.1 Å². The van der Waals surface area contributed by atoms with Crippen LogP contribution in [-0.4, -0.2) is 41.6 Å². The minimum absolute atomic E-state index is 0.101. The molecule has 0 saturated heterocycles. The van der Waals surface area contributed by atoms with Crippen molar-refractivity contribution in [3.63, 3.8) is 0 Å². The van der Waals surface area contributed by atoms with Crippen LogP contribution in [0.25, 0.3) is 0 Å². The average molecular weight is 254 g/mol. The summed E-state index contributed by atoms with van der Waals surface area (Å²) in [5, 5.41) is 21.0. The minimum Gasteiger partial charge on any atom is -0.481 e. The van der Waals surface area contributed by atoms with Gasteiger partial charge in [0.2, 0.25) is 5.88 Å². The number of hydrogen-bond donors (Lipinski definition) is 3. The van der Waals surface area contributed by atoms with Crippen LogP contribution in [0.4, 0.5) is 0 Å². The van der Waals surface area contributed by atoms with Crippen LogP contribution >= 0.6 is 0 Å². The van der Waals surface area contributed by atoms with Gasteiger partial charge in [-0.1, -0.05) is 19.9 Å². The third-order valence-corrected chi connectivity index (χ3v) is 2.77. The van der Waals surface area contributed by atoms with Crippen LogP contribution in [-0.2, 0) is 6.54 Å². The van der Waals surface area contributed by atoms with E-state index in [-0.39, 0.29) is 19.3 Å². The summed E-state index contributed by atoms with van der Waals surface area (Å²) in [7, 11) is 1.59. The number of pyridine rings is 1. The standard InChI is InChI=1S/C13H22N2O3/c1-9(2)12-5-4-10(13(15-12)18-3)6-14-11(7-16)8-17/h4-5,9,11,14,16-17H,6-8H2,1-3H3. The number of methoxy groups -OCH3 is 1. The average Bonchev–Trinajstić information content (AvgIpc) is 2.39. The normalized spacial score (nSPS) is 11.3. The fourth-order valence-electron chi connectivity index (χ4n) is 1.56. The van der Waals surface area contributed by atoms with E-state index in [0.29, 0.717) is 18.3 Å². The molecule has 0 fully saturated rings. The zero-order chi connectivity index (χ0) is 13.5. The van der Waals surface area contributed by atoms with Crippen molar-refractivity contribution in [2.24, 2.45) is 0 Å². The second kappa shape index (κ2) is 7.31. The lowest BCUT2D eigenvalue weighted by Gasteiger charge is -2.15.